The number of hydrogen-bond acceptors (Lipinski definition) is 8. The minimum Gasteiger partial charge on any atom is -0.395 e. The highest BCUT2D eigenvalue weighted by molar-refractivity contribution is 5.79. The summed E-state index contributed by atoms with van der Waals surface area (Å²) < 4.78 is 0. The summed E-state index contributed by atoms with van der Waals surface area (Å²) in [6.45, 7) is 1.34. The molecule has 0 heterocycles. The van der Waals surface area contributed by atoms with E-state index in [0.29, 0.717) is 45.2 Å². The van der Waals surface area contributed by atoms with Crippen LogP contribution in [-0.2, 0) is 19.2 Å². The van der Waals surface area contributed by atoms with Gasteiger partial charge in [-0.1, -0.05) is 12.8 Å². The highest BCUT2D eigenvalue weighted by atomic mass is 16.3. The second-order valence-corrected chi connectivity index (χ2v) is 8.83. The van der Waals surface area contributed by atoms with Gasteiger partial charge in [-0.3, -0.25) is 19.2 Å². The van der Waals surface area contributed by atoms with Crippen LogP contribution in [0.1, 0.15) is 70.6 Å². The van der Waals surface area contributed by atoms with Gasteiger partial charge in [0.25, 0.3) is 0 Å². The van der Waals surface area contributed by atoms with Crippen LogP contribution in [0.4, 0.5) is 0 Å². The Morgan fingerprint density at radius 2 is 0.811 bits per heavy atom. The average molecular weight is 533 g/mol. The third-order valence-corrected chi connectivity index (χ3v) is 5.77. The number of nitrogens with one attached hydrogen (secondary N) is 2. The molecule has 12 heteroatoms. The van der Waals surface area contributed by atoms with Crippen LogP contribution in [-0.4, -0.2) is 120 Å². The van der Waals surface area contributed by atoms with Crippen molar-refractivity contribution in [1.82, 2.24) is 20.4 Å². The van der Waals surface area contributed by atoms with Crippen molar-refractivity contribution in [2.75, 3.05) is 65.7 Å². The van der Waals surface area contributed by atoms with Crippen LogP contribution in [0.15, 0.2) is 0 Å². The maximum atomic E-state index is 12.0. The summed E-state index contributed by atoms with van der Waals surface area (Å²) in [5.41, 5.74) is 0. The first-order valence-electron chi connectivity index (χ1n) is 13.4. The summed E-state index contributed by atoms with van der Waals surface area (Å²) >= 11 is 0. The van der Waals surface area contributed by atoms with E-state index in [1.807, 2.05) is 0 Å². The van der Waals surface area contributed by atoms with Crippen LogP contribution in [0.3, 0.4) is 0 Å². The van der Waals surface area contributed by atoms with Gasteiger partial charge >= 0.3 is 0 Å². The summed E-state index contributed by atoms with van der Waals surface area (Å²) in [5.74, 6) is -0.412. The zero-order chi connectivity index (χ0) is 27.7. The van der Waals surface area contributed by atoms with Crippen LogP contribution in [0, 0.1) is 0 Å². The van der Waals surface area contributed by atoms with E-state index < -0.39 is 0 Å². The van der Waals surface area contributed by atoms with E-state index in [1.165, 1.54) is 9.80 Å². The molecule has 0 atom stereocenters. The van der Waals surface area contributed by atoms with Crippen molar-refractivity contribution in [3.05, 3.63) is 0 Å². The van der Waals surface area contributed by atoms with Gasteiger partial charge in [-0.15, -0.1) is 0 Å². The lowest BCUT2D eigenvalue weighted by molar-refractivity contribution is -0.133. The minimum absolute atomic E-state index is 0.0969. The summed E-state index contributed by atoms with van der Waals surface area (Å²) in [6, 6.07) is 0. The first-order valence-corrected chi connectivity index (χ1v) is 13.4. The Balaban J connectivity index is 3.70. The van der Waals surface area contributed by atoms with Gasteiger partial charge in [-0.05, 0) is 32.1 Å². The molecular weight excluding hydrogens is 484 g/mol. The zero-order valence-electron chi connectivity index (χ0n) is 22.2. The second-order valence-electron chi connectivity index (χ2n) is 8.83. The van der Waals surface area contributed by atoms with Gasteiger partial charge in [0.05, 0.1) is 26.4 Å². The van der Waals surface area contributed by atoms with Crippen molar-refractivity contribution in [2.45, 2.75) is 70.6 Å². The van der Waals surface area contributed by atoms with Crippen molar-refractivity contribution >= 4 is 23.6 Å². The predicted octanol–water partition coefficient (Wildman–Crippen LogP) is -0.864. The molecule has 0 rings (SSSR count). The molecule has 0 aliphatic carbocycles. The molecule has 4 amide bonds. The van der Waals surface area contributed by atoms with Crippen LogP contribution in [0.25, 0.3) is 0 Å². The molecule has 216 valence electrons. The number of nitrogens with zero attached hydrogens (tertiary/aromatic N) is 2. The molecule has 0 saturated heterocycles. The third kappa shape index (κ3) is 19.5. The van der Waals surface area contributed by atoms with Crippen molar-refractivity contribution in [3.63, 3.8) is 0 Å². The van der Waals surface area contributed by atoms with Gasteiger partial charge in [0.2, 0.25) is 23.6 Å². The Bertz CT molecular complexity index is 572. The van der Waals surface area contributed by atoms with Crippen molar-refractivity contribution in [1.29, 1.82) is 0 Å². The molecule has 0 spiro atoms. The lowest BCUT2D eigenvalue weighted by Gasteiger charge is -2.20. The Labute approximate surface area is 220 Å². The molecule has 0 aromatic heterocycles. The molecule has 0 bridgehead atoms. The fourth-order valence-corrected chi connectivity index (χ4v) is 3.72. The number of unbranched alkanes of at least 4 members (excludes halogenated alkanes) is 4. The summed E-state index contributed by atoms with van der Waals surface area (Å²) in [5, 5.41) is 41.5. The third-order valence-electron chi connectivity index (χ3n) is 5.77. The Hall–Kier alpha value is -2.28. The van der Waals surface area contributed by atoms with Crippen LogP contribution >= 0.6 is 0 Å². The maximum absolute atomic E-state index is 12.0. The Morgan fingerprint density at radius 3 is 1.14 bits per heavy atom. The van der Waals surface area contributed by atoms with Crippen molar-refractivity contribution in [2.24, 2.45) is 0 Å². The highest BCUT2D eigenvalue weighted by Gasteiger charge is 2.13. The van der Waals surface area contributed by atoms with Gasteiger partial charge in [0.15, 0.2) is 0 Å². The minimum atomic E-state index is -0.137. The maximum Gasteiger partial charge on any atom is 0.222 e. The first-order chi connectivity index (χ1) is 17.9. The SMILES string of the molecule is O=C(CCCC(=O)NCCCCCC(=O)N(CCO)CCO)NCCCCCC(=O)N(CCO)CCO. The number of carbonyl (C=O) groups is 4. The normalized spacial score (nSPS) is 10.7. The topological polar surface area (TPSA) is 180 Å². The number of amides is 4. The van der Waals surface area contributed by atoms with Crippen LogP contribution in [0.5, 0.6) is 0 Å². The highest BCUT2D eigenvalue weighted by Crippen LogP contribution is 2.05. The van der Waals surface area contributed by atoms with Crippen LogP contribution in [0.2, 0.25) is 0 Å². The summed E-state index contributed by atoms with van der Waals surface area (Å²) in [7, 11) is 0. The summed E-state index contributed by atoms with van der Waals surface area (Å²) in [6.07, 6.45) is 6.05. The van der Waals surface area contributed by atoms with Gasteiger partial charge in [0.1, 0.15) is 0 Å². The fourth-order valence-electron chi connectivity index (χ4n) is 3.72. The van der Waals surface area contributed by atoms with E-state index >= 15 is 0 Å². The van der Waals surface area contributed by atoms with Gasteiger partial charge in [-0.25, -0.2) is 0 Å². The number of carbonyl (C=O) groups excluding carboxylic acids is 4. The number of rotatable bonds is 24. The van der Waals surface area contributed by atoms with E-state index in [2.05, 4.69) is 10.6 Å². The standard InChI is InChI=1S/C25H48N4O8/c30-18-14-28(15-19-31)24(36)10-3-1-5-12-26-22(34)8-7-9-23(35)27-13-6-2-4-11-25(37)29(16-20-32)17-21-33/h30-33H,1-21H2,(H,26,34)(H,27,35). The van der Waals surface area contributed by atoms with Gasteiger partial charge in [0, 0.05) is 65.0 Å². The smallest absolute Gasteiger partial charge is 0.222 e. The number of hydrogen-bond donors (Lipinski definition) is 6. The quantitative estimate of drug-likeness (QED) is 0.0869. The molecule has 0 unspecified atom stereocenters. The molecule has 37 heavy (non-hydrogen) atoms. The van der Waals surface area contributed by atoms with E-state index in [-0.39, 0.29) is 89.1 Å². The molecule has 0 aromatic carbocycles. The molecule has 0 aromatic rings. The lowest BCUT2D eigenvalue weighted by atomic mass is 10.1. The zero-order valence-corrected chi connectivity index (χ0v) is 22.2. The Morgan fingerprint density at radius 1 is 0.459 bits per heavy atom. The van der Waals surface area contributed by atoms with Gasteiger partial charge < -0.3 is 40.9 Å². The largest absolute Gasteiger partial charge is 0.395 e. The van der Waals surface area contributed by atoms with Crippen molar-refractivity contribution in [3.8, 4) is 0 Å². The first kappa shape index (κ1) is 34.7. The van der Waals surface area contributed by atoms with E-state index in [1.54, 1.807) is 0 Å². The summed E-state index contributed by atoms with van der Waals surface area (Å²) in [4.78, 5) is 50.7. The van der Waals surface area contributed by atoms with Crippen LogP contribution < -0.4 is 10.6 Å². The Kier molecular flexibility index (Phi) is 22.6. The monoisotopic (exact) mass is 532 g/mol. The van der Waals surface area contributed by atoms with E-state index in [0.717, 1.165) is 25.7 Å². The second kappa shape index (κ2) is 24.1. The predicted molar refractivity (Wildman–Crippen MR) is 138 cm³/mol. The number of aliphatic hydroxyl groups is 4. The molecule has 0 aliphatic heterocycles. The van der Waals surface area contributed by atoms with E-state index in [9.17, 15) is 19.2 Å². The molecule has 12 nitrogen and oxygen atoms in total. The molecule has 0 saturated carbocycles. The van der Waals surface area contributed by atoms with Crippen molar-refractivity contribution < 1.29 is 39.6 Å². The molecule has 6 N–H and O–H groups in total. The molecule has 0 radical (unpaired) electrons. The number of aliphatic hydroxyl groups excluding tert-OH is 4. The molecular formula is C25H48N4O8. The molecule has 0 fully saturated rings. The average Bonchev–Trinajstić information content (AvgIpc) is 2.87. The van der Waals surface area contributed by atoms with Gasteiger partial charge in [-0.2, -0.15) is 0 Å². The fraction of sp³-hybridized carbons (Fsp3) is 0.840. The van der Waals surface area contributed by atoms with E-state index in [4.69, 9.17) is 20.4 Å². The molecule has 0 aliphatic rings. The lowest BCUT2D eigenvalue weighted by Crippen LogP contribution is -2.35.